The van der Waals surface area contributed by atoms with Crippen LogP contribution in [0.1, 0.15) is 18.6 Å². The lowest BCUT2D eigenvalue weighted by Crippen LogP contribution is -2.05. The number of aryl methyl sites for hydroxylation is 1. The molecule has 6 heteroatoms. The van der Waals surface area contributed by atoms with Crippen LogP contribution in [0.3, 0.4) is 0 Å². The maximum absolute atomic E-state index is 13.5. The lowest BCUT2D eigenvalue weighted by molar-refractivity contribution is 0.465. The molecule has 3 N–H and O–H groups in total. The van der Waals surface area contributed by atoms with E-state index in [4.69, 9.17) is 10.2 Å². The van der Waals surface area contributed by atoms with Crippen LogP contribution in [0, 0.1) is 11.6 Å². The average molecular weight is 253 g/mol. The zero-order valence-electron chi connectivity index (χ0n) is 9.84. The van der Waals surface area contributed by atoms with Crippen LogP contribution in [-0.2, 0) is 13.0 Å². The van der Waals surface area contributed by atoms with Crippen molar-refractivity contribution in [1.29, 1.82) is 0 Å². The normalized spacial score (nSPS) is 10.6. The summed E-state index contributed by atoms with van der Waals surface area (Å²) < 4.78 is 32.2. The van der Waals surface area contributed by atoms with Crippen molar-refractivity contribution in [2.75, 3.05) is 11.1 Å². The molecule has 0 amide bonds. The monoisotopic (exact) mass is 253 g/mol. The van der Waals surface area contributed by atoms with E-state index in [-0.39, 0.29) is 17.9 Å². The molecule has 0 fully saturated rings. The van der Waals surface area contributed by atoms with E-state index in [9.17, 15) is 8.78 Å². The van der Waals surface area contributed by atoms with Crippen LogP contribution >= 0.6 is 0 Å². The highest BCUT2D eigenvalue weighted by atomic mass is 19.1. The third-order valence-electron chi connectivity index (χ3n) is 2.43. The van der Waals surface area contributed by atoms with Gasteiger partial charge in [0.15, 0.2) is 11.6 Å². The van der Waals surface area contributed by atoms with E-state index < -0.39 is 11.6 Å². The van der Waals surface area contributed by atoms with Crippen LogP contribution in [0.2, 0.25) is 0 Å². The minimum absolute atomic E-state index is 0.0416. The van der Waals surface area contributed by atoms with Crippen molar-refractivity contribution in [3.8, 4) is 0 Å². The third-order valence-corrected chi connectivity index (χ3v) is 2.43. The minimum atomic E-state index is -0.741. The fourth-order valence-electron chi connectivity index (χ4n) is 1.52. The number of nitrogen functional groups attached to an aromatic ring is 1. The predicted octanol–water partition coefficient (Wildman–Crippen LogP) is 2.71. The van der Waals surface area contributed by atoms with Crippen molar-refractivity contribution < 1.29 is 13.2 Å². The van der Waals surface area contributed by atoms with Gasteiger partial charge in [-0.15, -0.1) is 0 Å². The topological polar surface area (TPSA) is 64.1 Å². The number of nitrogens with zero attached hydrogens (tertiary/aromatic N) is 1. The highest BCUT2D eigenvalue weighted by Gasteiger charge is 2.11. The Labute approximate surface area is 103 Å². The Hall–Kier alpha value is -2.11. The van der Waals surface area contributed by atoms with E-state index in [0.29, 0.717) is 5.89 Å². The van der Waals surface area contributed by atoms with Gasteiger partial charge in [-0.25, -0.2) is 13.8 Å². The first-order valence-electron chi connectivity index (χ1n) is 5.52. The molecule has 2 rings (SSSR count). The molecular formula is C12H13F2N3O. The molecule has 96 valence electrons. The Bertz CT molecular complexity index is 531. The lowest BCUT2D eigenvalue weighted by Gasteiger charge is -2.07. The summed E-state index contributed by atoms with van der Waals surface area (Å²) in [5.74, 6) is -0.378. The van der Waals surface area contributed by atoms with Gasteiger partial charge in [0.2, 0.25) is 5.89 Å². The molecule has 1 aromatic heterocycles. The van der Waals surface area contributed by atoms with Crippen LogP contribution in [0.4, 0.5) is 20.2 Å². The number of anilines is 2. The molecule has 0 aliphatic rings. The van der Waals surface area contributed by atoms with Gasteiger partial charge in [0.25, 0.3) is 0 Å². The van der Waals surface area contributed by atoms with Gasteiger partial charge in [-0.1, -0.05) is 6.92 Å². The Kier molecular flexibility index (Phi) is 3.45. The van der Waals surface area contributed by atoms with Gasteiger partial charge in [0.05, 0.1) is 12.7 Å². The van der Waals surface area contributed by atoms with E-state index in [0.717, 1.165) is 24.3 Å². The molecule has 0 bridgehead atoms. The number of aromatic nitrogens is 1. The van der Waals surface area contributed by atoms with Crippen LogP contribution in [-0.4, -0.2) is 4.98 Å². The molecule has 0 saturated heterocycles. The zero-order chi connectivity index (χ0) is 13.1. The number of nitrogens with two attached hydrogens (primary N) is 1. The molecule has 4 nitrogen and oxygen atoms in total. The molecule has 0 unspecified atom stereocenters. The molecule has 2 aromatic rings. The molecule has 1 aromatic carbocycles. The number of nitrogens with one attached hydrogen (secondary N) is 1. The number of oxazole rings is 1. The van der Waals surface area contributed by atoms with Crippen molar-refractivity contribution >= 4 is 11.4 Å². The number of halogens is 2. The number of rotatable bonds is 4. The molecule has 0 aliphatic heterocycles. The summed E-state index contributed by atoms with van der Waals surface area (Å²) in [5.41, 5.74) is 5.12. The fourth-order valence-corrected chi connectivity index (χ4v) is 1.52. The Morgan fingerprint density at radius 1 is 1.33 bits per heavy atom. The molecule has 18 heavy (non-hydrogen) atoms. The second-order valence-electron chi connectivity index (χ2n) is 3.79. The Morgan fingerprint density at radius 3 is 2.56 bits per heavy atom. The molecule has 0 radical (unpaired) electrons. The summed E-state index contributed by atoms with van der Waals surface area (Å²) in [6.07, 6.45) is 2.31. The average Bonchev–Trinajstić information content (AvgIpc) is 2.75. The second-order valence-corrected chi connectivity index (χ2v) is 3.79. The highest BCUT2D eigenvalue weighted by Crippen LogP contribution is 2.22. The first-order valence-corrected chi connectivity index (χ1v) is 5.52. The summed E-state index contributed by atoms with van der Waals surface area (Å²) in [4.78, 5) is 3.98. The molecule has 0 spiro atoms. The summed E-state index contributed by atoms with van der Waals surface area (Å²) in [6.45, 7) is 2.04. The molecular weight excluding hydrogens is 240 g/mol. The van der Waals surface area contributed by atoms with Gasteiger partial charge in [0, 0.05) is 12.1 Å². The zero-order valence-corrected chi connectivity index (χ0v) is 9.84. The lowest BCUT2D eigenvalue weighted by atomic mass is 10.2. The number of hydrogen-bond donors (Lipinski definition) is 2. The Morgan fingerprint density at radius 2 is 2.00 bits per heavy atom. The van der Waals surface area contributed by atoms with E-state index >= 15 is 0 Å². The summed E-state index contributed by atoms with van der Waals surface area (Å²) in [7, 11) is 0. The Balaban J connectivity index is 2.10. The van der Waals surface area contributed by atoms with Crippen LogP contribution in [0.25, 0.3) is 0 Å². The molecule has 0 saturated carbocycles. The van der Waals surface area contributed by atoms with Crippen LogP contribution in [0.5, 0.6) is 0 Å². The van der Waals surface area contributed by atoms with E-state index in [2.05, 4.69) is 10.3 Å². The van der Waals surface area contributed by atoms with Gasteiger partial charge in [-0.3, -0.25) is 0 Å². The van der Waals surface area contributed by atoms with Crippen molar-refractivity contribution in [3.05, 3.63) is 41.6 Å². The van der Waals surface area contributed by atoms with Crippen molar-refractivity contribution in [3.63, 3.8) is 0 Å². The van der Waals surface area contributed by atoms with Gasteiger partial charge in [0.1, 0.15) is 11.4 Å². The summed E-state index contributed by atoms with van der Waals surface area (Å²) in [5, 5.41) is 2.60. The van der Waals surface area contributed by atoms with Crippen molar-refractivity contribution in [2.45, 2.75) is 19.9 Å². The van der Waals surface area contributed by atoms with Crippen LogP contribution < -0.4 is 11.1 Å². The van der Waals surface area contributed by atoms with E-state index in [1.54, 1.807) is 6.20 Å². The smallest absolute Gasteiger partial charge is 0.213 e. The first-order chi connectivity index (χ1) is 8.60. The van der Waals surface area contributed by atoms with Gasteiger partial charge in [-0.2, -0.15) is 0 Å². The van der Waals surface area contributed by atoms with Gasteiger partial charge < -0.3 is 15.5 Å². The molecule has 0 atom stereocenters. The second kappa shape index (κ2) is 5.03. The summed E-state index contributed by atoms with van der Waals surface area (Å²) >= 11 is 0. The van der Waals surface area contributed by atoms with Gasteiger partial charge >= 0.3 is 0 Å². The molecule has 0 aliphatic carbocycles. The minimum Gasteiger partial charge on any atom is -0.444 e. The number of benzene rings is 1. The highest BCUT2D eigenvalue weighted by molar-refractivity contribution is 5.53. The largest absolute Gasteiger partial charge is 0.444 e. The quantitative estimate of drug-likeness (QED) is 0.822. The maximum atomic E-state index is 13.5. The van der Waals surface area contributed by atoms with Crippen molar-refractivity contribution in [1.82, 2.24) is 4.98 Å². The summed E-state index contributed by atoms with van der Waals surface area (Å²) in [6, 6.07) is 2.11. The predicted molar refractivity (Wildman–Crippen MR) is 64.0 cm³/mol. The SMILES string of the molecule is CCc1cnc(CNc2c(F)cc(N)cc2F)o1. The third kappa shape index (κ3) is 2.58. The number of hydrogen-bond acceptors (Lipinski definition) is 4. The van der Waals surface area contributed by atoms with E-state index in [1.165, 1.54) is 0 Å². The van der Waals surface area contributed by atoms with E-state index in [1.807, 2.05) is 6.92 Å². The first kappa shape index (κ1) is 12.3. The standard InChI is InChI=1S/C12H13F2N3O/c1-2-8-5-16-11(18-8)6-17-12-9(13)3-7(15)4-10(12)14/h3-5,17H,2,6,15H2,1H3. The maximum Gasteiger partial charge on any atom is 0.213 e. The fraction of sp³-hybridized carbons (Fsp3) is 0.250. The van der Waals surface area contributed by atoms with Crippen molar-refractivity contribution in [2.24, 2.45) is 0 Å². The molecule has 1 heterocycles. The van der Waals surface area contributed by atoms with Crippen LogP contribution in [0.15, 0.2) is 22.7 Å². The van der Waals surface area contributed by atoms with Gasteiger partial charge in [-0.05, 0) is 12.1 Å².